The largest absolute Gasteiger partial charge is 0.271 e. The molecule has 15 heavy (non-hydrogen) atoms. The highest BCUT2D eigenvalue weighted by Crippen LogP contribution is 2.35. The van der Waals surface area contributed by atoms with Crippen LogP contribution < -0.4 is 11.3 Å². The summed E-state index contributed by atoms with van der Waals surface area (Å²) in [5.41, 5.74) is 5.60. The number of hydrogen-bond donors (Lipinski definition) is 2. The third-order valence-corrected chi connectivity index (χ3v) is 4.21. The van der Waals surface area contributed by atoms with Crippen molar-refractivity contribution in [3.63, 3.8) is 0 Å². The number of nitrogens with two attached hydrogens (primary N) is 1. The molecule has 0 saturated carbocycles. The summed E-state index contributed by atoms with van der Waals surface area (Å²) in [5.74, 6) is 5.59. The maximum atomic E-state index is 5.59. The Morgan fingerprint density at radius 1 is 1.67 bits per heavy atom. The Hall–Kier alpha value is -0.640. The van der Waals surface area contributed by atoms with Crippen molar-refractivity contribution in [2.45, 2.75) is 38.6 Å². The second kappa shape index (κ2) is 4.47. The van der Waals surface area contributed by atoms with Gasteiger partial charge in [-0.2, -0.15) is 0 Å². The lowest BCUT2D eigenvalue weighted by atomic mass is 10.1. The van der Waals surface area contributed by atoms with Crippen LogP contribution in [0, 0.1) is 0 Å². The molecule has 0 radical (unpaired) electrons. The van der Waals surface area contributed by atoms with E-state index >= 15 is 0 Å². The summed E-state index contributed by atoms with van der Waals surface area (Å²) >= 11 is 1.91. The van der Waals surface area contributed by atoms with Crippen molar-refractivity contribution in [2.75, 3.05) is 0 Å². The van der Waals surface area contributed by atoms with Gasteiger partial charge in [-0.15, -0.1) is 17.9 Å². The molecule has 3 N–H and O–H groups in total. The van der Waals surface area contributed by atoms with Crippen molar-refractivity contribution >= 4 is 11.3 Å². The molecule has 1 heterocycles. The van der Waals surface area contributed by atoms with Gasteiger partial charge in [-0.1, -0.05) is 5.57 Å². The Balaban J connectivity index is 2.16. The van der Waals surface area contributed by atoms with E-state index in [0.717, 1.165) is 6.42 Å². The highest BCUT2D eigenvalue weighted by Gasteiger charge is 2.19. The van der Waals surface area contributed by atoms with Crippen molar-refractivity contribution in [2.24, 2.45) is 5.84 Å². The molecule has 1 aliphatic carbocycles. The van der Waals surface area contributed by atoms with Crippen LogP contribution in [0.3, 0.4) is 0 Å². The molecule has 2 nitrogen and oxygen atoms in total. The number of fused-ring (bicyclic) bond motifs is 1. The number of hydrogen-bond acceptors (Lipinski definition) is 3. The Kier molecular flexibility index (Phi) is 3.24. The van der Waals surface area contributed by atoms with E-state index in [2.05, 4.69) is 18.1 Å². The minimum atomic E-state index is 0.248. The van der Waals surface area contributed by atoms with Crippen molar-refractivity contribution < 1.29 is 0 Å². The molecule has 2 rings (SSSR count). The molecule has 1 aliphatic rings. The first-order valence-corrected chi connectivity index (χ1v) is 6.24. The Morgan fingerprint density at radius 2 is 2.47 bits per heavy atom. The topological polar surface area (TPSA) is 38.0 Å². The lowest BCUT2D eigenvalue weighted by Crippen LogP contribution is -2.27. The maximum absolute atomic E-state index is 5.59. The normalized spacial score (nSPS) is 16.4. The predicted octanol–water partition coefficient (Wildman–Crippen LogP) is 2.71. The Labute approximate surface area is 95.2 Å². The summed E-state index contributed by atoms with van der Waals surface area (Å²) in [6, 6.07) is 2.57. The molecule has 0 amide bonds. The van der Waals surface area contributed by atoms with Crippen molar-refractivity contribution in [1.82, 2.24) is 5.43 Å². The van der Waals surface area contributed by atoms with Crippen molar-refractivity contribution in [3.05, 3.63) is 33.5 Å². The van der Waals surface area contributed by atoms with Gasteiger partial charge in [0.05, 0.1) is 6.04 Å². The molecule has 1 unspecified atom stereocenters. The Morgan fingerprint density at radius 3 is 3.07 bits per heavy atom. The number of thiophene rings is 1. The maximum Gasteiger partial charge on any atom is 0.0590 e. The van der Waals surface area contributed by atoms with E-state index in [1.54, 1.807) is 4.88 Å². The molecule has 0 aliphatic heterocycles. The molecule has 0 bridgehead atoms. The van der Waals surface area contributed by atoms with Crippen LogP contribution in [0.5, 0.6) is 0 Å². The molecule has 82 valence electrons. The van der Waals surface area contributed by atoms with Gasteiger partial charge in [0.2, 0.25) is 0 Å². The fraction of sp³-hybridized carbons (Fsp3) is 0.500. The third kappa shape index (κ3) is 2.30. The summed E-state index contributed by atoms with van der Waals surface area (Å²) in [5, 5.41) is 0. The zero-order valence-electron chi connectivity index (χ0n) is 9.18. The van der Waals surface area contributed by atoms with Crippen LogP contribution in [0.15, 0.2) is 18.2 Å². The molecule has 1 aromatic rings. The molecule has 0 aromatic carbocycles. The van der Waals surface area contributed by atoms with Gasteiger partial charge in [0, 0.05) is 9.75 Å². The lowest BCUT2D eigenvalue weighted by molar-refractivity contribution is 0.558. The summed E-state index contributed by atoms with van der Waals surface area (Å²) in [6.45, 7) is 5.99. The highest BCUT2D eigenvalue weighted by molar-refractivity contribution is 7.12. The van der Waals surface area contributed by atoms with Gasteiger partial charge in [-0.3, -0.25) is 11.3 Å². The van der Waals surface area contributed by atoms with Gasteiger partial charge in [0.1, 0.15) is 0 Å². The smallest absolute Gasteiger partial charge is 0.0590 e. The first-order valence-electron chi connectivity index (χ1n) is 5.42. The highest BCUT2D eigenvalue weighted by atomic mass is 32.1. The van der Waals surface area contributed by atoms with Gasteiger partial charge in [0.25, 0.3) is 0 Å². The van der Waals surface area contributed by atoms with Crippen LogP contribution >= 0.6 is 11.3 Å². The predicted molar refractivity (Wildman–Crippen MR) is 65.8 cm³/mol. The number of aryl methyl sites for hydroxylation is 2. The summed E-state index contributed by atoms with van der Waals surface area (Å²) in [6.07, 6.45) is 4.75. The number of hydrazine groups is 1. The van der Waals surface area contributed by atoms with Crippen LogP contribution in [0.25, 0.3) is 0 Å². The lowest BCUT2D eigenvalue weighted by Gasteiger charge is -2.13. The monoisotopic (exact) mass is 222 g/mol. The Bertz CT molecular complexity index is 346. The van der Waals surface area contributed by atoms with Crippen LogP contribution in [-0.4, -0.2) is 0 Å². The van der Waals surface area contributed by atoms with Crippen molar-refractivity contribution in [1.29, 1.82) is 0 Å². The van der Waals surface area contributed by atoms with Gasteiger partial charge >= 0.3 is 0 Å². The molecule has 1 aromatic heterocycles. The minimum absolute atomic E-state index is 0.248. The van der Waals surface area contributed by atoms with Gasteiger partial charge in [-0.05, 0) is 44.2 Å². The molecule has 0 spiro atoms. The van der Waals surface area contributed by atoms with Crippen LogP contribution in [-0.2, 0) is 12.8 Å². The first kappa shape index (κ1) is 10.9. The first-order chi connectivity index (χ1) is 7.20. The van der Waals surface area contributed by atoms with E-state index in [9.17, 15) is 0 Å². The van der Waals surface area contributed by atoms with Gasteiger partial charge in [0.15, 0.2) is 0 Å². The van der Waals surface area contributed by atoms with Crippen LogP contribution in [0.4, 0.5) is 0 Å². The van der Waals surface area contributed by atoms with E-state index in [-0.39, 0.29) is 6.04 Å². The van der Waals surface area contributed by atoms with E-state index in [1.165, 1.54) is 35.3 Å². The van der Waals surface area contributed by atoms with Crippen molar-refractivity contribution in [3.8, 4) is 0 Å². The quantitative estimate of drug-likeness (QED) is 0.467. The van der Waals surface area contributed by atoms with Gasteiger partial charge in [-0.25, -0.2) is 0 Å². The van der Waals surface area contributed by atoms with Crippen LogP contribution in [0.1, 0.15) is 41.1 Å². The third-order valence-electron chi connectivity index (χ3n) is 2.86. The molecule has 0 fully saturated rings. The van der Waals surface area contributed by atoms with E-state index in [4.69, 9.17) is 5.84 Å². The summed E-state index contributed by atoms with van der Waals surface area (Å²) < 4.78 is 0. The second-order valence-electron chi connectivity index (χ2n) is 4.33. The second-order valence-corrected chi connectivity index (χ2v) is 5.50. The molecule has 3 heteroatoms. The molecule has 1 atom stereocenters. The van der Waals surface area contributed by atoms with E-state index < -0.39 is 0 Å². The SMILES string of the molecule is C=C(C)CC(NN)c1cc2c(s1)CCC2. The number of rotatable bonds is 4. The molecular formula is C12H18N2S. The minimum Gasteiger partial charge on any atom is -0.271 e. The average molecular weight is 222 g/mol. The van der Waals surface area contributed by atoms with E-state index in [0.29, 0.717) is 0 Å². The fourth-order valence-corrected chi connectivity index (χ4v) is 3.43. The zero-order chi connectivity index (χ0) is 10.8. The van der Waals surface area contributed by atoms with Crippen LogP contribution in [0.2, 0.25) is 0 Å². The summed E-state index contributed by atoms with van der Waals surface area (Å²) in [7, 11) is 0. The average Bonchev–Trinajstić information content (AvgIpc) is 2.72. The molecule has 0 saturated heterocycles. The van der Waals surface area contributed by atoms with E-state index in [1.807, 2.05) is 18.3 Å². The fourth-order valence-electron chi connectivity index (χ4n) is 2.11. The van der Waals surface area contributed by atoms with Gasteiger partial charge < -0.3 is 0 Å². The molecular weight excluding hydrogens is 204 g/mol. The summed E-state index contributed by atoms with van der Waals surface area (Å²) in [4.78, 5) is 2.93. The standard InChI is InChI=1S/C12H18N2S/c1-8(2)6-10(14-13)12-7-9-4-3-5-11(9)15-12/h7,10,14H,1,3-6,13H2,2H3. The zero-order valence-corrected chi connectivity index (χ0v) is 9.99. The number of nitrogens with one attached hydrogen (secondary N) is 1.